The fourth-order valence-electron chi connectivity index (χ4n) is 21.6. The van der Waals surface area contributed by atoms with E-state index in [9.17, 15) is 23.6 Å². The smallest absolute Gasteiger partial charge is 0.261 e. The van der Waals surface area contributed by atoms with Crippen LogP contribution in [0.5, 0.6) is 5.75 Å². The summed E-state index contributed by atoms with van der Waals surface area (Å²) in [6, 6.07) is 31.2. The number of H-pyrrole nitrogens is 8. The highest BCUT2D eigenvalue weighted by Crippen LogP contribution is 2.41. The molecule has 16 heterocycles. The number of hydrogen-bond acceptors (Lipinski definition) is 23. The van der Waals surface area contributed by atoms with Crippen molar-refractivity contribution in [1.82, 2.24) is 119 Å². The van der Waals surface area contributed by atoms with Crippen molar-refractivity contribution >= 4 is 113 Å². The summed E-state index contributed by atoms with van der Waals surface area (Å²) in [7, 11) is 5.01. The summed E-state index contributed by atoms with van der Waals surface area (Å²) in [6.45, 7) is 29.1. The average Bonchev–Trinajstić information content (AvgIpc) is 1.64. The highest BCUT2D eigenvalue weighted by molar-refractivity contribution is 6.31. The fraction of sp³-hybridized carbons (Fsp3) is 0.405. The molecule has 0 unspecified atom stereocenters. The lowest BCUT2D eigenvalue weighted by Crippen LogP contribution is -2.39. The normalized spacial score (nSPS) is 15.5. The molecule has 4 saturated heterocycles. The maximum Gasteiger partial charge on any atom is 0.261 e. The van der Waals surface area contributed by atoms with Crippen molar-refractivity contribution in [3.63, 3.8) is 0 Å². The molecule has 5 aliphatic rings. The number of likely N-dealkylation sites (tertiary alicyclic amines) is 4. The van der Waals surface area contributed by atoms with Gasteiger partial charge in [-0.3, -0.25) is 52.1 Å². The SMILES string of the molecule is C=CCN1CCC(c2cc(C)c3nc(-c4c(NCCn5cc(Cl)cn5)cc[nH]c4=O)[nH]c3c2)CC1.COC(CN1CCC(c2cc(C)c3nc(-c4c(NCCn5cc(Cl)cn5)cc[nH]c4=O)[nH]c3c2)CC1)OC.COc1cccc2c1cnn2CCNc1cc[nH]c(=O)c1-c1nc2c(C)cc(C3CCN(CCCF)CC3)cc2[nH]1.Cc1cc(C2CCN(CC3CC3)CC2)cc2[nH]c(-c3c(NCCn4cc(Cl)cn4)cc[nH]c3=O)nc12. The Labute approximate surface area is 882 Å². The molecule has 5 fully saturated rings. The monoisotopic (exact) mass is 2090 g/mol. The molecule has 4 aliphatic heterocycles. The minimum Gasteiger partial charge on any atom is -0.496 e. The minimum atomic E-state index is -0.253. The van der Waals surface area contributed by atoms with Crippen LogP contribution in [0.25, 0.3) is 101 Å². The largest absolute Gasteiger partial charge is 0.496 e. The number of imidazole rings is 4. The number of nitrogens with one attached hydrogen (secondary N) is 12. The highest BCUT2D eigenvalue weighted by atomic mass is 35.5. The van der Waals surface area contributed by atoms with E-state index in [1.807, 2.05) is 59.4 Å². The number of benzene rings is 5. The fourth-order valence-corrected chi connectivity index (χ4v) is 22.1. The zero-order valence-electron chi connectivity index (χ0n) is 85.9. The lowest BCUT2D eigenvalue weighted by Gasteiger charge is -2.33. The van der Waals surface area contributed by atoms with E-state index in [0.717, 1.165) is 198 Å². The number of aryl methyl sites for hydroxylation is 4. The van der Waals surface area contributed by atoms with Gasteiger partial charge < -0.3 is 85.1 Å². The van der Waals surface area contributed by atoms with Gasteiger partial charge in [0.25, 0.3) is 22.2 Å². The van der Waals surface area contributed by atoms with Gasteiger partial charge >= 0.3 is 0 Å². The number of anilines is 4. The van der Waals surface area contributed by atoms with Gasteiger partial charge in [0.1, 0.15) is 51.3 Å². The van der Waals surface area contributed by atoms with Crippen LogP contribution in [0.4, 0.5) is 27.1 Å². The van der Waals surface area contributed by atoms with Crippen molar-refractivity contribution in [3.8, 4) is 51.3 Å². The van der Waals surface area contributed by atoms with Gasteiger partial charge in [-0.05, 0) is 285 Å². The molecule has 0 radical (unpaired) electrons. The molecule has 150 heavy (non-hydrogen) atoms. The van der Waals surface area contributed by atoms with E-state index < -0.39 is 0 Å². The topological polar surface area (TPSA) is 406 Å². The molecule has 12 aromatic heterocycles. The van der Waals surface area contributed by atoms with Crippen LogP contribution in [0.1, 0.15) is 139 Å². The van der Waals surface area contributed by atoms with Gasteiger partial charge in [-0.2, -0.15) is 20.4 Å². The standard InChI is InChI=1S/C31H36FN7O2.C27H34ClN7O3.C27H32ClN7O.C26H30ClN7O/c1-20-17-22(21-8-14-38(15-9-21)13-4-10-32)18-25-29(20)37-30(36-25)28-24(7-11-34-31(28)40)33-12-16-39-26-5-3-6-27(41-2)23(26)19-35-39;1-17-12-19(18-5-9-34(10-6-18)16-23(37-2)38-3)13-22-25(17)33-26(32-22)24-21(4-7-30-27(24)36)29-8-11-35-15-20(28)14-31-35;1-17-12-20(19-5-9-34(10-6-19)15-18-2-3-18)13-23-25(17)33-26(32-23)24-22(4-7-30-27(24)36)29-8-11-35-16-21(28)14-31-35;1-3-9-33-10-5-18(6-11-33)19-13-17(2)24-22(14-19)31-25(32-24)23-21(4-7-29-26(23)35)28-8-12-34-16-20(27)15-30-34/h3,5-7,11,17-19,21H,4,8-10,12-16H2,1-2H3,(H,36,37)(H2,33,34,40);4,7,12-15,18,23H,5-6,8-11,16H2,1-3H3,(H,32,33)(H2,29,30,36);4,7,12-14,16,18-19H,2-3,5-6,8-11,15H2,1H3,(H,32,33)(H2,29,30,36);3-4,7,13-16,18H,1,5-6,8-12H2,2H3,(H,31,32)(H2,28,29,35). The van der Waals surface area contributed by atoms with Crippen molar-refractivity contribution in [2.24, 2.45) is 5.92 Å². The van der Waals surface area contributed by atoms with Gasteiger partial charge in [-0.1, -0.05) is 71.2 Å². The molecule has 5 aromatic carbocycles. The number of alkyl halides is 1. The second-order valence-corrected chi connectivity index (χ2v) is 41.2. The number of nitrogens with zero attached hydrogens (tertiary/aromatic N) is 16. The molecule has 786 valence electrons. The Balaban J connectivity index is 0.000000126. The minimum absolute atomic E-state index is 0.179. The molecule has 1 saturated carbocycles. The molecule has 0 amide bonds. The second kappa shape index (κ2) is 48.4. The quantitative estimate of drug-likeness (QED) is 0.0128. The Morgan fingerprint density at radius 1 is 0.427 bits per heavy atom. The van der Waals surface area contributed by atoms with Crippen molar-refractivity contribution in [2.45, 2.75) is 154 Å². The van der Waals surface area contributed by atoms with Crippen molar-refractivity contribution < 1.29 is 18.6 Å². The third kappa shape index (κ3) is 25.1. The Hall–Kier alpha value is -13.8. The zero-order valence-corrected chi connectivity index (χ0v) is 88.2. The van der Waals surface area contributed by atoms with Crippen molar-refractivity contribution in [3.05, 3.63) is 273 Å². The van der Waals surface area contributed by atoms with Gasteiger partial charge in [-0.25, -0.2) is 19.9 Å². The van der Waals surface area contributed by atoms with E-state index >= 15 is 0 Å². The van der Waals surface area contributed by atoms with E-state index in [-0.39, 0.29) is 35.2 Å². The van der Waals surface area contributed by atoms with Crippen LogP contribution >= 0.6 is 34.8 Å². The van der Waals surface area contributed by atoms with Crippen LogP contribution in [0.3, 0.4) is 0 Å². The van der Waals surface area contributed by atoms with Gasteiger partial charge in [0.2, 0.25) is 0 Å². The molecular weight excluding hydrogens is 1960 g/mol. The Morgan fingerprint density at radius 3 is 1.10 bits per heavy atom. The molecule has 0 spiro atoms. The molecule has 1 aliphatic carbocycles. The number of pyridine rings is 4. The predicted octanol–water partition coefficient (Wildman–Crippen LogP) is 18.6. The number of halogens is 4. The number of ether oxygens (including phenoxy) is 3. The summed E-state index contributed by atoms with van der Waals surface area (Å²) >= 11 is 17.9. The number of aromatic amines is 8. The van der Waals surface area contributed by atoms with Gasteiger partial charge in [0, 0.05) is 110 Å². The lowest BCUT2D eigenvalue weighted by molar-refractivity contribution is -0.118. The molecule has 39 heteroatoms. The van der Waals surface area contributed by atoms with Gasteiger partial charge in [-0.15, -0.1) is 6.58 Å². The van der Waals surface area contributed by atoms with Crippen LogP contribution in [0.15, 0.2) is 191 Å². The molecular formula is C111H132Cl3FN28O7. The Morgan fingerprint density at radius 2 is 0.773 bits per heavy atom. The summed E-state index contributed by atoms with van der Waals surface area (Å²) in [5, 5.41) is 33.4. The molecule has 0 bridgehead atoms. The maximum absolute atomic E-state index is 13.0. The van der Waals surface area contributed by atoms with E-state index in [2.05, 4.69) is 184 Å². The van der Waals surface area contributed by atoms with E-state index in [4.69, 9.17) is 68.9 Å². The van der Waals surface area contributed by atoms with Crippen LogP contribution in [0.2, 0.25) is 15.1 Å². The number of piperidine rings is 4. The first-order chi connectivity index (χ1) is 73.0. The van der Waals surface area contributed by atoms with Crippen LogP contribution in [-0.4, -0.2) is 258 Å². The average molecular weight is 2100 g/mol. The number of hydrogen-bond donors (Lipinski definition) is 12. The first-order valence-electron chi connectivity index (χ1n) is 52.0. The number of fused-ring (bicyclic) bond motifs is 5. The number of aromatic nitrogens is 20. The van der Waals surface area contributed by atoms with Gasteiger partial charge in [0.05, 0.1) is 158 Å². The Kier molecular flexibility index (Phi) is 33.8. The van der Waals surface area contributed by atoms with Crippen LogP contribution < -0.4 is 48.2 Å². The first kappa shape index (κ1) is 105. The summed E-state index contributed by atoms with van der Waals surface area (Å²) in [6.07, 6.45) is 32.7. The molecule has 12 N–H and O–H groups in total. The zero-order chi connectivity index (χ0) is 104. The number of rotatable bonds is 36. The van der Waals surface area contributed by atoms with Crippen LogP contribution in [0, 0.1) is 33.6 Å². The predicted molar refractivity (Wildman–Crippen MR) is 594 cm³/mol. The highest BCUT2D eigenvalue weighted by Gasteiger charge is 2.32. The first-order valence-corrected chi connectivity index (χ1v) is 53.2. The third-order valence-corrected chi connectivity index (χ3v) is 30.2. The maximum atomic E-state index is 13.0. The summed E-state index contributed by atoms with van der Waals surface area (Å²) in [5.41, 5.74) is 22.2. The van der Waals surface area contributed by atoms with E-state index in [1.54, 1.807) is 97.3 Å². The third-order valence-electron chi connectivity index (χ3n) is 29.6. The summed E-state index contributed by atoms with van der Waals surface area (Å²) < 4.78 is 36.0. The molecule has 0 atom stereocenters. The molecule has 35 nitrogen and oxygen atoms in total. The second-order valence-electron chi connectivity index (χ2n) is 39.9. The number of methoxy groups -OCH3 is 3. The van der Waals surface area contributed by atoms with Crippen LogP contribution in [-0.2, 0) is 35.7 Å². The van der Waals surface area contributed by atoms with Gasteiger partial charge in [0.15, 0.2) is 6.29 Å². The van der Waals surface area contributed by atoms with Crippen molar-refractivity contribution in [1.29, 1.82) is 0 Å². The van der Waals surface area contributed by atoms with Crippen molar-refractivity contribution in [2.75, 3.05) is 154 Å². The molecule has 22 rings (SSSR count). The van der Waals surface area contributed by atoms with E-state index in [0.29, 0.717) is 154 Å². The lowest BCUT2D eigenvalue weighted by atomic mass is 9.88. The summed E-state index contributed by atoms with van der Waals surface area (Å²) in [4.78, 5) is 106. The molecule has 17 aromatic rings. The Bertz CT molecular complexity index is 7780. The van der Waals surface area contributed by atoms with E-state index in [1.165, 1.54) is 67.6 Å². The summed E-state index contributed by atoms with van der Waals surface area (Å²) in [5.74, 6) is 6.01.